The van der Waals surface area contributed by atoms with E-state index in [1.807, 2.05) is 6.07 Å². The number of ether oxygens (including phenoxy) is 2. The lowest BCUT2D eigenvalue weighted by atomic mass is 10.0. The summed E-state index contributed by atoms with van der Waals surface area (Å²) in [5, 5.41) is 0.409. The SMILES string of the molecule is COc1ccc(OC)c(S(=O)(=O)Nc2cc3c(cc2SC2CCCCC2)n(C)c(=O)n3C)c1. The molecule has 10 heteroatoms. The molecular weight excluding hydrogens is 462 g/mol. The van der Waals surface area contributed by atoms with Gasteiger partial charge in [0.25, 0.3) is 10.0 Å². The third-order valence-corrected chi connectivity index (χ3v) is 8.91. The Morgan fingerprint density at radius 3 is 2.27 bits per heavy atom. The maximum Gasteiger partial charge on any atom is 0.328 e. The molecule has 0 atom stereocenters. The first-order valence-electron chi connectivity index (χ1n) is 10.9. The van der Waals surface area contributed by atoms with Crippen molar-refractivity contribution in [2.75, 3.05) is 18.9 Å². The van der Waals surface area contributed by atoms with Gasteiger partial charge in [0.15, 0.2) is 0 Å². The summed E-state index contributed by atoms with van der Waals surface area (Å²) in [5.74, 6) is 0.631. The molecule has 3 aromatic rings. The molecule has 8 nitrogen and oxygen atoms in total. The molecule has 33 heavy (non-hydrogen) atoms. The second-order valence-electron chi connectivity index (χ2n) is 8.24. The van der Waals surface area contributed by atoms with Gasteiger partial charge in [0.05, 0.1) is 30.9 Å². The van der Waals surface area contributed by atoms with Crippen molar-refractivity contribution in [2.45, 2.75) is 47.1 Å². The highest BCUT2D eigenvalue weighted by Crippen LogP contribution is 2.40. The molecule has 4 rings (SSSR count). The van der Waals surface area contributed by atoms with Crippen LogP contribution in [0.4, 0.5) is 5.69 Å². The van der Waals surface area contributed by atoms with E-state index in [9.17, 15) is 13.2 Å². The lowest BCUT2D eigenvalue weighted by molar-refractivity contribution is 0.392. The van der Waals surface area contributed by atoms with Crippen molar-refractivity contribution >= 4 is 38.5 Å². The summed E-state index contributed by atoms with van der Waals surface area (Å²) in [4.78, 5) is 13.3. The van der Waals surface area contributed by atoms with Crippen molar-refractivity contribution in [3.63, 3.8) is 0 Å². The molecule has 1 aromatic heterocycles. The predicted molar refractivity (Wildman–Crippen MR) is 131 cm³/mol. The highest BCUT2D eigenvalue weighted by molar-refractivity contribution is 8.00. The standard InChI is InChI=1S/C23H29N3O5S2/c1-25-18-13-17(24-33(28,29)22-12-15(30-3)10-11-20(22)31-4)21(14-19(18)26(2)23(25)27)32-16-8-6-5-7-9-16/h10-14,16,24H,5-9H2,1-4H3. The molecule has 0 amide bonds. The number of thioether (sulfide) groups is 1. The zero-order valence-electron chi connectivity index (χ0n) is 19.3. The number of methoxy groups -OCH3 is 2. The highest BCUT2D eigenvalue weighted by atomic mass is 32.2. The first-order valence-corrected chi connectivity index (χ1v) is 13.2. The summed E-state index contributed by atoms with van der Waals surface area (Å²) in [7, 11) is 2.32. The number of hydrogen-bond donors (Lipinski definition) is 1. The highest BCUT2D eigenvalue weighted by Gasteiger charge is 2.25. The van der Waals surface area contributed by atoms with Crippen LogP contribution >= 0.6 is 11.8 Å². The van der Waals surface area contributed by atoms with E-state index in [0.29, 0.717) is 22.2 Å². The molecule has 1 aliphatic carbocycles. The monoisotopic (exact) mass is 491 g/mol. The van der Waals surface area contributed by atoms with Crippen LogP contribution < -0.4 is 19.9 Å². The summed E-state index contributed by atoms with van der Waals surface area (Å²) in [6.07, 6.45) is 5.76. The van der Waals surface area contributed by atoms with Gasteiger partial charge in [0, 0.05) is 30.3 Å². The van der Waals surface area contributed by atoms with Gasteiger partial charge in [0.2, 0.25) is 0 Å². The van der Waals surface area contributed by atoms with Gasteiger partial charge < -0.3 is 9.47 Å². The van der Waals surface area contributed by atoms with Crippen LogP contribution in [-0.2, 0) is 24.1 Å². The lowest BCUT2D eigenvalue weighted by Crippen LogP contribution is -2.19. The molecule has 0 aliphatic heterocycles. The lowest BCUT2D eigenvalue weighted by Gasteiger charge is -2.23. The number of anilines is 1. The summed E-state index contributed by atoms with van der Waals surface area (Å²) < 4.78 is 43.3. The number of sulfonamides is 1. The van der Waals surface area contributed by atoms with Crippen LogP contribution in [0.5, 0.6) is 11.5 Å². The smallest absolute Gasteiger partial charge is 0.328 e. The molecule has 178 valence electrons. The van der Waals surface area contributed by atoms with E-state index < -0.39 is 10.0 Å². The van der Waals surface area contributed by atoms with Gasteiger partial charge in [-0.3, -0.25) is 13.9 Å². The number of aryl methyl sites for hydroxylation is 2. The molecule has 1 N–H and O–H groups in total. The van der Waals surface area contributed by atoms with Gasteiger partial charge in [-0.15, -0.1) is 11.8 Å². The van der Waals surface area contributed by atoms with Crippen molar-refractivity contribution in [2.24, 2.45) is 14.1 Å². The van der Waals surface area contributed by atoms with Crippen molar-refractivity contribution < 1.29 is 17.9 Å². The van der Waals surface area contributed by atoms with Gasteiger partial charge in [0.1, 0.15) is 16.4 Å². The first-order chi connectivity index (χ1) is 15.7. The fourth-order valence-corrected chi connectivity index (χ4v) is 6.92. The van der Waals surface area contributed by atoms with E-state index in [0.717, 1.165) is 23.3 Å². The maximum atomic E-state index is 13.5. The number of nitrogens with one attached hydrogen (secondary N) is 1. The molecule has 0 radical (unpaired) electrons. The van der Waals surface area contributed by atoms with Crippen LogP contribution in [0, 0.1) is 0 Å². The second-order valence-corrected chi connectivity index (χ2v) is 11.2. The Hall–Kier alpha value is -2.59. The number of hydrogen-bond acceptors (Lipinski definition) is 6. The number of imidazole rings is 1. The van der Waals surface area contributed by atoms with Crippen molar-refractivity contribution in [1.29, 1.82) is 0 Å². The zero-order chi connectivity index (χ0) is 23.8. The molecule has 1 fully saturated rings. The molecule has 2 aromatic carbocycles. The fourth-order valence-electron chi connectivity index (χ4n) is 4.26. The summed E-state index contributed by atoms with van der Waals surface area (Å²) in [6, 6.07) is 8.30. The number of aromatic nitrogens is 2. The number of rotatable bonds is 7. The quantitative estimate of drug-likeness (QED) is 0.535. The molecule has 1 aliphatic rings. The predicted octanol–water partition coefficient (Wildman–Crippen LogP) is 4.12. The average Bonchev–Trinajstić information content (AvgIpc) is 3.02. The van der Waals surface area contributed by atoms with Gasteiger partial charge in [-0.2, -0.15) is 0 Å². The van der Waals surface area contributed by atoms with Crippen LogP contribution in [-0.4, -0.2) is 37.0 Å². The van der Waals surface area contributed by atoms with Crippen molar-refractivity contribution in [3.05, 3.63) is 40.8 Å². The van der Waals surface area contributed by atoms with E-state index in [2.05, 4.69) is 4.72 Å². The Labute approximate surface area is 197 Å². The minimum absolute atomic E-state index is 0.0139. The van der Waals surface area contributed by atoms with E-state index in [-0.39, 0.29) is 16.3 Å². The van der Waals surface area contributed by atoms with Gasteiger partial charge in [-0.25, -0.2) is 13.2 Å². The number of nitrogens with zero attached hydrogens (tertiary/aromatic N) is 2. The van der Waals surface area contributed by atoms with Crippen LogP contribution in [0.3, 0.4) is 0 Å². The largest absolute Gasteiger partial charge is 0.497 e. The number of benzene rings is 2. The van der Waals surface area contributed by atoms with Gasteiger partial charge >= 0.3 is 5.69 Å². The van der Waals surface area contributed by atoms with Crippen molar-refractivity contribution in [3.8, 4) is 11.5 Å². The third-order valence-electron chi connectivity index (χ3n) is 6.12. The van der Waals surface area contributed by atoms with Crippen LogP contribution in [0.2, 0.25) is 0 Å². The van der Waals surface area contributed by atoms with E-state index in [4.69, 9.17) is 9.47 Å². The average molecular weight is 492 g/mol. The van der Waals surface area contributed by atoms with E-state index in [1.54, 1.807) is 48.6 Å². The Kier molecular flexibility index (Phi) is 6.67. The van der Waals surface area contributed by atoms with Gasteiger partial charge in [-0.1, -0.05) is 19.3 Å². The van der Waals surface area contributed by atoms with Crippen LogP contribution in [0.25, 0.3) is 11.0 Å². The Balaban J connectivity index is 1.82. The Morgan fingerprint density at radius 1 is 0.970 bits per heavy atom. The minimum atomic E-state index is -4.00. The topological polar surface area (TPSA) is 91.6 Å². The molecule has 0 unspecified atom stereocenters. The minimum Gasteiger partial charge on any atom is -0.497 e. The maximum absolute atomic E-state index is 13.5. The molecule has 1 heterocycles. The Bertz CT molecular complexity index is 1340. The normalized spacial score (nSPS) is 15.0. The van der Waals surface area contributed by atoms with E-state index in [1.165, 1.54) is 44.1 Å². The summed E-state index contributed by atoms with van der Waals surface area (Å²) in [6.45, 7) is 0. The summed E-state index contributed by atoms with van der Waals surface area (Å²) in [5.41, 5.74) is 1.71. The van der Waals surface area contributed by atoms with Gasteiger partial charge in [-0.05, 0) is 37.1 Å². The second kappa shape index (κ2) is 9.34. The Morgan fingerprint density at radius 2 is 1.64 bits per heavy atom. The zero-order valence-corrected chi connectivity index (χ0v) is 20.9. The van der Waals surface area contributed by atoms with Crippen molar-refractivity contribution in [1.82, 2.24) is 9.13 Å². The van der Waals surface area contributed by atoms with Crippen LogP contribution in [0.1, 0.15) is 32.1 Å². The fraction of sp³-hybridized carbons (Fsp3) is 0.435. The molecule has 1 saturated carbocycles. The molecule has 0 saturated heterocycles. The van der Waals surface area contributed by atoms with E-state index >= 15 is 0 Å². The summed E-state index contributed by atoms with van der Waals surface area (Å²) >= 11 is 1.68. The first kappa shape index (κ1) is 23.6. The molecule has 0 bridgehead atoms. The third kappa shape index (κ3) is 4.59. The molecular formula is C23H29N3O5S2. The van der Waals surface area contributed by atoms with Crippen LogP contribution in [0.15, 0.2) is 44.9 Å². The number of fused-ring (bicyclic) bond motifs is 1. The molecule has 0 spiro atoms.